The number of carboxylic acids is 1. The van der Waals surface area contributed by atoms with Crippen LogP contribution in [-0.2, 0) is 4.79 Å². The first-order valence-corrected chi connectivity index (χ1v) is 6.37. The molecule has 0 radical (unpaired) electrons. The topological polar surface area (TPSA) is 83.7 Å². The minimum Gasteiger partial charge on any atom is -0.480 e. The number of carboxylic acid groups (broad SMARTS) is 1. The van der Waals surface area contributed by atoms with Gasteiger partial charge in [0.1, 0.15) is 16.9 Å². The van der Waals surface area contributed by atoms with Gasteiger partial charge in [0.05, 0.1) is 0 Å². The molecule has 2 rings (SSSR count). The minimum absolute atomic E-state index is 0.205. The number of hydrogen-bond donors (Lipinski definition) is 2. The molecule has 0 fully saturated rings. The Kier molecular flexibility index (Phi) is 3.48. The second-order valence-electron chi connectivity index (χ2n) is 5.04. The lowest BCUT2D eigenvalue weighted by Crippen LogP contribution is -2.51. The Balaban J connectivity index is 2.29. The van der Waals surface area contributed by atoms with Gasteiger partial charge in [-0.1, -0.05) is 6.92 Å². The first-order valence-electron chi connectivity index (χ1n) is 6.37. The highest BCUT2D eigenvalue weighted by atomic mass is 16.4. The SMILES string of the molecule is CCC(C)(NC(=O)c1cn2ccc(C)cc2n1)C(=O)O. The number of aryl methyl sites for hydroxylation is 1. The summed E-state index contributed by atoms with van der Waals surface area (Å²) in [5.74, 6) is -1.55. The fourth-order valence-electron chi connectivity index (χ4n) is 1.80. The molecule has 2 aromatic rings. The largest absolute Gasteiger partial charge is 0.480 e. The third-order valence-electron chi connectivity index (χ3n) is 3.42. The van der Waals surface area contributed by atoms with Gasteiger partial charge in [0.25, 0.3) is 5.91 Å². The van der Waals surface area contributed by atoms with Crippen LogP contribution in [0.25, 0.3) is 5.65 Å². The molecule has 0 saturated carbocycles. The van der Waals surface area contributed by atoms with Gasteiger partial charge in [0.15, 0.2) is 0 Å². The van der Waals surface area contributed by atoms with Crippen molar-refractivity contribution >= 4 is 17.5 Å². The number of fused-ring (bicyclic) bond motifs is 1. The molecule has 1 amide bonds. The minimum atomic E-state index is -1.29. The van der Waals surface area contributed by atoms with Crippen LogP contribution in [0.2, 0.25) is 0 Å². The molecular weight excluding hydrogens is 258 g/mol. The highest BCUT2D eigenvalue weighted by molar-refractivity contribution is 5.96. The van der Waals surface area contributed by atoms with Gasteiger partial charge in [0.2, 0.25) is 0 Å². The second kappa shape index (κ2) is 4.96. The predicted octanol–water partition coefficient (Wildman–Crippen LogP) is 1.63. The van der Waals surface area contributed by atoms with E-state index in [0.29, 0.717) is 12.1 Å². The Morgan fingerprint density at radius 3 is 2.80 bits per heavy atom. The van der Waals surface area contributed by atoms with Gasteiger partial charge < -0.3 is 14.8 Å². The Morgan fingerprint density at radius 1 is 1.50 bits per heavy atom. The molecule has 0 aliphatic heterocycles. The monoisotopic (exact) mass is 275 g/mol. The number of carbonyl (C=O) groups is 2. The van der Waals surface area contributed by atoms with Gasteiger partial charge in [-0.15, -0.1) is 0 Å². The van der Waals surface area contributed by atoms with Crippen molar-refractivity contribution in [3.63, 3.8) is 0 Å². The van der Waals surface area contributed by atoms with Crippen LogP contribution in [-0.4, -0.2) is 31.9 Å². The maximum atomic E-state index is 12.1. The lowest BCUT2D eigenvalue weighted by Gasteiger charge is -2.23. The van der Waals surface area contributed by atoms with E-state index in [0.717, 1.165) is 5.56 Å². The lowest BCUT2D eigenvalue weighted by molar-refractivity contribution is -0.143. The molecule has 0 bridgehead atoms. The van der Waals surface area contributed by atoms with Crippen molar-refractivity contribution in [1.29, 1.82) is 0 Å². The summed E-state index contributed by atoms with van der Waals surface area (Å²) in [6.07, 6.45) is 3.69. The summed E-state index contributed by atoms with van der Waals surface area (Å²) in [7, 11) is 0. The Bertz CT molecular complexity index is 677. The smallest absolute Gasteiger partial charge is 0.329 e. The molecular formula is C14H17N3O3. The number of carbonyl (C=O) groups excluding carboxylic acids is 1. The molecule has 20 heavy (non-hydrogen) atoms. The van der Waals surface area contributed by atoms with E-state index in [4.69, 9.17) is 5.11 Å². The van der Waals surface area contributed by atoms with Crippen LogP contribution in [0, 0.1) is 6.92 Å². The highest BCUT2D eigenvalue weighted by Crippen LogP contribution is 2.12. The molecule has 0 saturated heterocycles. The fourth-order valence-corrected chi connectivity index (χ4v) is 1.80. The van der Waals surface area contributed by atoms with Gasteiger partial charge in [0, 0.05) is 12.4 Å². The fraction of sp³-hybridized carbons (Fsp3) is 0.357. The van der Waals surface area contributed by atoms with Crippen LogP contribution in [0.3, 0.4) is 0 Å². The van der Waals surface area contributed by atoms with E-state index in [9.17, 15) is 9.59 Å². The predicted molar refractivity (Wildman–Crippen MR) is 73.7 cm³/mol. The van der Waals surface area contributed by atoms with E-state index in [1.807, 2.05) is 25.3 Å². The van der Waals surface area contributed by atoms with Crippen LogP contribution < -0.4 is 5.32 Å². The van der Waals surface area contributed by atoms with E-state index in [-0.39, 0.29) is 5.69 Å². The Labute approximate surface area is 116 Å². The van der Waals surface area contributed by atoms with Crippen LogP contribution in [0.4, 0.5) is 0 Å². The molecule has 0 spiro atoms. The third kappa shape index (κ3) is 2.49. The number of nitrogens with one attached hydrogen (secondary N) is 1. The van der Waals surface area contributed by atoms with Gasteiger partial charge in [-0.2, -0.15) is 0 Å². The van der Waals surface area contributed by atoms with E-state index in [1.165, 1.54) is 6.92 Å². The van der Waals surface area contributed by atoms with Crippen LogP contribution in [0.15, 0.2) is 24.5 Å². The number of aliphatic carboxylic acids is 1. The lowest BCUT2D eigenvalue weighted by atomic mass is 9.99. The second-order valence-corrected chi connectivity index (χ2v) is 5.04. The zero-order valence-corrected chi connectivity index (χ0v) is 11.7. The van der Waals surface area contributed by atoms with E-state index >= 15 is 0 Å². The quantitative estimate of drug-likeness (QED) is 0.888. The molecule has 6 heteroatoms. The summed E-state index contributed by atoms with van der Waals surface area (Å²) in [5, 5.41) is 11.7. The number of amides is 1. The van der Waals surface area contributed by atoms with Crippen molar-refractivity contribution in [3.05, 3.63) is 35.8 Å². The number of rotatable bonds is 4. The zero-order chi connectivity index (χ0) is 14.9. The van der Waals surface area contributed by atoms with Crippen LogP contribution in [0.1, 0.15) is 36.3 Å². The zero-order valence-electron chi connectivity index (χ0n) is 11.7. The molecule has 2 heterocycles. The summed E-state index contributed by atoms with van der Waals surface area (Å²) in [5.41, 5.74) is 0.613. The summed E-state index contributed by atoms with van der Waals surface area (Å²) in [6.45, 7) is 5.13. The van der Waals surface area contributed by atoms with Gasteiger partial charge >= 0.3 is 5.97 Å². The number of pyridine rings is 1. The maximum Gasteiger partial charge on any atom is 0.329 e. The third-order valence-corrected chi connectivity index (χ3v) is 3.42. The number of nitrogens with zero attached hydrogens (tertiary/aromatic N) is 2. The van der Waals surface area contributed by atoms with Crippen molar-refractivity contribution in [1.82, 2.24) is 14.7 Å². The van der Waals surface area contributed by atoms with E-state index < -0.39 is 17.4 Å². The normalized spacial score (nSPS) is 13.9. The Hall–Kier alpha value is -2.37. The Morgan fingerprint density at radius 2 is 2.20 bits per heavy atom. The maximum absolute atomic E-state index is 12.1. The number of imidazole rings is 1. The summed E-state index contributed by atoms with van der Waals surface area (Å²) < 4.78 is 1.73. The van der Waals surface area contributed by atoms with Crippen molar-refractivity contribution in [2.24, 2.45) is 0 Å². The van der Waals surface area contributed by atoms with Crippen molar-refractivity contribution < 1.29 is 14.7 Å². The first kappa shape index (κ1) is 14.0. The summed E-state index contributed by atoms with van der Waals surface area (Å²) in [6, 6.07) is 3.76. The first-order chi connectivity index (χ1) is 9.35. The van der Waals surface area contributed by atoms with E-state index in [1.54, 1.807) is 17.5 Å². The van der Waals surface area contributed by atoms with Crippen LogP contribution in [0.5, 0.6) is 0 Å². The van der Waals surface area contributed by atoms with Gasteiger partial charge in [-0.25, -0.2) is 9.78 Å². The molecule has 106 valence electrons. The van der Waals surface area contributed by atoms with Crippen molar-refractivity contribution in [2.45, 2.75) is 32.7 Å². The number of hydrogen-bond acceptors (Lipinski definition) is 3. The average molecular weight is 275 g/mol. The van der Waals surface area contributed by atoms with Gasteiger partial charge in [-0.3, -0.25) is 4.79 Å². The molecule has 2 N–H and O–H groups in total. The summed E-state index contributed by atoms with van der Waals surface area (Å²) >= 11 is 0. The summed E-state index contributed by atoms with van der Waals surface area (Å²) in [4.78, 5) is 27.5. The molecule has 0 aromatic carbocycles. The van der Waals surface area contributed by atoms with Crippen molar-refractivity contribution in [3.8, 4) is 0 Å². The molecule has 1 unspecified atom stereocenters. The highest BCUT2D eigenvalue weighted by Gasteiger charge is 2.33. The van der Waals surface area contributed by atoms with E-state index in [2.05, 4.69) is 10.3 Å². The molecule has 2 aromatic heterocycles. The molecule has 6 nitrogen and oxygen atoms in total. The molecule has 0 aliphatic rings. The molecule has 0 aliphatic carbocycles. The number of aromatic nitrogens is 2. The van der Waals surface area contributed by atoms with Gasteiger partial charge in [-0.05, 0) is 38.0 Å². The standard InChI is InChI=1S/C14H17N3O3/c1-4-14(3,13(19)20)16-12(18)10-8-17-6-5-9(2)7-11(17)15-10/h5-8H,4H2,1-3H3,(H,16,18)(H,19,20). The molecule has 1 atom stereocenters. The van der Waals surface area contributed by atoms with Crippen LogP contribution >= 0.6 is 0 Å². The van der Waals surface area contributed by atoms with Crippen molar-refractivity contribution in [2.75, 3.05) is 0 Å². The average Bonchev–Trinajstić information content (AvgIpc) is 2.81.